The van der Waals surface area contributed by atoms with Crippen LogP contribution >= 0.6 is 11.6 Å². The summed E-state index contributed by atoms with van der Waals surface area (Å²) in [7, 11) is -3.40. The Labute approximate surface area is 195 Å². The lowest BCUT2D eigenvalue weighted by atomic mass is 9.96. The van der Waals surface area contributed by atoms with Crippen LogP contribution in [0.1, 0.15) is 24.0 Å². The van der Waals surface area contributed by atoms with Crippen LogP contribution in [0.15, 0.2) is 54.6 Å². The summed E-state index contributed by atoms with van der Waals surface area (Å²) in [6.07, 6.45) is 1.17. The molecule has 0 aromatic heterocycles. The van der Waals surface area contributed by atoms with Crippen molar-refractivity contribution in [3.05, 3.63) is 70.7 Å². The third kappa shape index (κ3) is 5.90. The molecule has 2 saturated heterocycles. The Kier molecular flexibility index (Phi) is 7.51. The lowest BCUT2D eigenvalue weighted by Gasteiger charge is -2.38. The number of hydrogen-bond acceptors (Lipinski definition) is 4. The summed E-state index contributed by atoms with van der Waals surface area (Å²) in [5.74, 6) is 0.0587. The first-order valence-corrected chi connectivity index (χ1v) is 13.2. The topological polar surface area (TPSA) is 60.9 Å². The Morgan fingerprint density at radius 1 is 0.844 bits per heavy atom. The molecule has 0 bridgehead atoms. The second kappa shape index (κ2) is 10.3. The molecule has 2 aliphatic rings. The van der Waals surface area contributed by atoms with Crippen LogP contribution in [0.25, 0.3) is 0 Å². The van der Waals surface area contributed by atoms with Gasteiger partial charge in [-0.2, -0.15) is 0 Å². The first kappa shape index (κ1) is 23.2. The van der Waals surface area contributed by atoms with Gasteiger partial charge in [0.15, 0.2) is 0 Å². The predicted molar refractivity (Wildman–Crippen MR) is 127 cm³/mol. The van der Waals surface area contributed by atoms with E-state index in [9.17, 15) is 13.2 Å². The van der Waals surface area contributed by atoms with Gasteiger partial charge in [-0.1, -0.05) is 54.1 Å². The van der Waals surface area contributed by atoms with Crippen molar-refractivity contribution in [3.63, 3.8) is 0 Å². The van der Waals surface area contributed by atoms with Gasteiger partial charge in [-0.15, -0.1) is 0 Å². The van der Waals surface area contributed by atoms with Gasteiger partial charge in [-0.05, 0) is 36.1 Å². The molecular formula is C24H30ClN3O3S. The number of halogens is 1. The van der Waals surface area contributed by atoms with Crippen LogP contribution in [0, 0.1) is 5.92 Å². The summed E-state index contributed by atoms with van der Waals surface area (Å²) < 4.78 is 27.1. The van der Waals surface area contributed by atoms with Crippen molar-refractivity contribution in [2.45, 2.75) is 25.1 Å². The number of carbonyl (C=O) groups excluding carboxylic acids is 1. The molecule has 0 atom stereocenters. The second-order valence-corrected chi connectivity index (χ2v) is 11.0. The third-order valence-electron chi connectivity index (χ3n) is 6.39. The summed E-state index contributed by atoms with van der Waals surface area (Å²) in [5.41, 5.74) is 2.01. The van der Waals surface area contributed by atoms with Crippen LogP contribution in [0.2, 0.25) is 5.02 Å². The fraction of sp³-hybridized carbons (Fsp3) is 0.458. The highest BCUT2D eigenvalue weighted by Crippen LogP contribution is 2.24. The molecular weight excluding hydrogens is 446 g/mol. The van der Waals surface area contributed by atoms with Crippen molar-refractivity contribution in [1.82, 2.24) is 14.1 Å². The molecule has 0 spiro atoms. The minimum Gasteiger partial charge on any atom is -0.340 e. The van der Waals surface area contributed by atoms with E-state index in [2.05, 4.69) is 29.2 Å². The molecule has 4 rings (SSSR count). The summed E-state index contributed by atoms with van der Waals surface area (Å²) in [5, 5.41) is 0.589. The molecule has 0 radical (unpaired) electrons. The van der Waals surface area contributed by atoms with Crippen molar-refractivity contribution in [2.75, 3.05) is 39.3 Å². The van der Waals surface area contributed by atoms with Crippen molar-refractivity contribution >= 4 is 27.5 Å². The van der Waals surface area contributed by atoms with Gasteiger partial charge in [0.2, 0.25) is 15.9 Å². The Morgan fingerprint density at radius 3 is 2.09 bits per heavy atom. The molecule has 2 aliphatic heterocycles. The molecule has 0 aliphatic carbocycles. The fourth-order valence-electron chi connectivity index (χ4n) is 4.49. The number of piperidine rings is 1. The summed E-state index contributed by atoms with van der Waals surface area (Å²) >= 11 is 5.89. The van der Waals surface area contributed by atoms with E-state index in [4.69, 9.17) is 11.6 Å². The molecule has 0 unspecified atom stereocenters. The van der Waals surface area contributed by atoms with Crippen molar-refractivity contribution in [2.24, 2.45) is 5.92 Å². The third-order valence-corrected chi connectivity index (χ3v) is 8.49. The van der Waals surface area contributed by atoms with Crippen LogP contribution < -0.4 is 0 Å². The Hall–Kier alpha value is -1.93. The molecule has 8 heteroatoms. The Balaban J connectivity index is 1.24. The highest BCUT2D eigenvalue weighted by molar-refractivity contribution is 7.88. The lowest BCUT2D eigenvalue weighted by Crippen LogP contribution is -2.51. The molecule has 1 amide bonds. The zero-order valence-corrected chi connectivity index (χ0v) is 19.8. The van der Waals surface area contributed by atoms with Gasteiger partial charge < -0.3 is 4.90 Å². The molecule has 6 nitrogen and oxygen atoms in total. The van der Waals surface area contributed by atoms with Crippen LogP contribution in [0.3, 0.4) is 0 Å². The molecule has 32 heavy (non-hydrogen) atoms. The molecule has 2 aromatic rings. The molecule has 172 valence electrons. The Bertz CT molecular complexity index is 999. The number of amides is 1. The van der Waals surface area contributed by atoms with Crippen LogP contribution in [-0.4, -0.2) is 67.7 Å². The van der Waals surface area contributed by atoms with Gasteiger partial charge in [0.1, 0.15) is 0 Å². The van der Waals surface area contributed by atoms with Crippen LogP contribution in [0.5, 0.6) is 0 Å². The van der Waals surface area contributed by atoms with E-state index in [-0.39, 0.29) is 17.6 Å². The molecule has 0 N–H and O–H groups in total. The lowest BCUT2D eigenvalue weighted by molar-refractivity contribution is -0.138. The minimum atomic E-state index is -3.40. The van der Waals surface area contributed by atoms with E-state index in [0.717, 1.165) is 38.3 Å². The zero-order chi connectivity index (χ0) is 22.6. The average Bonchev–Trinajstić information content (AvgIpc) is 2.81. The highest BCUT2D eigenvalue weighted by Gasteiger charge is 2.34. The first-order chi connectivity index (χ1) is 15.4. The largest absolute Gasteiger partial charge is 0.340 e. The number of nitrogens with zero attached hydrogens (tertiary/aromatic N) is 3. The Morgan fingerprint density at radius 2 is 1.47 bits per heavy atom. The van der Waals surface area contributed by atoms with Crippen molar-refractivity contribution < 1.29 is 13.2 Å². The van der Waals surface area contributed by atoms with Crippen LogP contribution in [0.4, 0.5) is 0 Å². The maximum absolute atomic E-state index is 13.0. The molecule has 2 aromatic carbocycles. The standard InChI is InChI=1S/C24H30ClN3O3S/c25-23-8-6-21(7-9-23)19-32(30,31)28-12-10-22(11-13-28)24(29)27-16-14-26(15-17-27)18-20-4-2-1-3-5-20/h1-9,22H,10-19H2. The van der Waals surface area contributed by atoms with Gasteiger partial charge >= 0.3 is 0 Å². The number of sulfonamides is 1. The first-order valence-electron chi connectivity index (χ1n) is 11.2. The smallest absolute Gasteiger partial charge is 0.225 e. The number of benzene rings is 2. The summed E-state index contributed by atoms with van der Waals surface area (Å²) in [4.78, 5) is 17.4. The van der Waals surface area contributed by atoms with Crippen molar-refractivity contribution in [1.29, 1.82) is 0 Å². The number of carbonyl (C=O) groups is 1. The van der Waals surface area contributed by atoms with Gasteiger partial charge in [0.05, 0.1) is 5.75 Å². The number of rotatable bonds is 6. The number of piperazine rings is 1. The van der Waals surface area contributed by atoms with Crippen LogP contribution in [-0.2, 0) is 27.1 Å². The highest BCUT2D eigenvalue weighted by atomic mass is 35.5. The van der Waals surface area contributed by atoms with Gasteiger partial charge in [-0.25, -0.2) is 12.7 Å². The SMILES string of the molecule is O=C(C1CCN(S(=O)(=O)Cc2ccc(Cl)cc2)CC1)N1CCN(Cc2ccccc2)CC1. The van der Waals surface area contributed by atoms with E-state index >= 15 is 0 Å². The van der Waals surface area contributed by atoms with E-state index in [1.54, 1.807) is 24.3 Å². The second-order valence-electron chi connectivity index (χ2n) is 8.64. The number of hydrogen-bond donors (Lipinski definition) is 0. The van der Waals surface area contributed by atoms with Gasteiger partial charge in [0.25, 0.3) is 0 Å². The van der Waals surface area contributed by atoms with Crippen molar-refractivity contribution in [3.8, 4) is 0 Å². The predicted octanol–water partition coefficient (Wildman–Crippen LogP) is 3.23. The molecule has 2 heterocycles. The van der Waals surface area contributed by atoms with E-state index in [1.165, 1.54) is 9.87 Å². The van der Waals surface area contributed by atoms with E-state index in [1.807, 2.05) is 11.0 Å². The normalized spacial score (nSPS) is 19.2. The van der Waals surface area contributed by atoms with Gasteiger partial charge in [-0.3, -0.25) is 9.69 Å². The van der Waals surface area contributed by atoms with E-state index in [0.29, 0.717) is 31.0 Å². The average molecular weight is 476 g/mol. The molecule has 0 saturated carbocycles. The minimum absolute atomic E-state index is 0.0356. The maximum Gasteiger partial charge on any atom is 0.225 e. The quantitative estimate of drug-likeness (QED) is 0.643. The fourth-order valence-corrected chi connectivity index (χ4v) is 6.18. The maximum atomic E-state index is 13.0. The summed E-state index contributed by atoms with van der Waals surface area (Å²) in [6.45, 7) is 4.93. The van der Waals surface area contributed by atoms with Gasteiger partial charge in [0, 0.05) is 56.8 Å². The molecule has 2 fully saturated rings. The van der Waals surface area contributed by atoms with E-state index < -0.39 is 10.0 Å². The monoisotopic (exact) mass is 475 g/mol. The zero-order valence-electron chi connectivity index (χ0n) is 18.2. The summed E-state index contributed by atoms with van der Waals surface area (Å²) in [6, 6.07) is 17.3.